The van der Waals surface area contributed by atoms with E-state index in [1.54, 1.807) is 6.07 Å². The summed E-state index contributed by atoms with van der Waals surface area (Å²) in [6.45, 7) is 2.61. The van der Waals surface area contributed by atoms with E-state index in [0.717, 1.165) is 5.69 Å². The average molecular weight is 292 g/mol. The van der Waals surface area contributed by atoms with Crippen molar-refractivity contribution < 1.29 is 14.2 Å². The van der Waals surface area contributed by atoms with E-state index >= 15 is 0 Å². The van der Waals surface area contributed by atoms with Gasteiger partial charge in [-0.25, -0.2) is 4.39 Å². The lowest BCUT2D eigenvalue weighted by atomic mass is 10.2. The van der Waals surface area contributed by atoms with Gasteiger partial charge in [-0.15, -0.1) is 0 Å². The molecule has 2 aromatic rings. The van der Waals surface area contributed by atoms with Crippen LogP contribution in [0.15, 0.2) is 29.1 Å². The molecule has 112 valence electrons. The van der Waals surface area contributed by atoms with Crippen molar-refractivity contribution in [3.63, 3.8) is 0 Å². The molecule has 0 radical (unpaired) electrons. The summed E-state index contributed by atoms with van der Waals surface area (Å²) in [4.78, 5) is 17.2. The van der Waals surface area contributed by atoms with E-state index < -0.39 is 11.9 Å². The second kappa shape index (κ2) is 5.93. The fourth-order valence-electron chi connectivity index (χ4n) is 2.60. The lowest BCUT2D eigenvalue weighted by molar-refractivity contribution is 0.0562. The molecule has 2 heterocycles. The van der Waals surface area contributed by atoms with E-state index in [-0.39, 0.29) is 5.43 Å². The Morgan fingerprint density at radius 2 is 2.29 bits per heavy atom. The lowest BCUT2D eigenvalue weighted by Gasteiger charge is -2.20. The number of H-pyrrole nitrogens is 1. The van der Waals surface area contributed by atoms with Gasteiger partial charge in [-0.3, -0.25) is 9.69 Å². The van der Waals surface area contributed by atoms with Crippen molar-refractivity contribution in [1.29, 1.82) is 0 Å². The molecule has 1 aromatic heterocycles. The minimum absolute atomic E-state index is 0.204. The standard InChI is InChI=1S/C15H17FN2O3/c16-10-1-2-14-13(5-10)15(20)6-11(17-14)7-18-3-4-21-9-12(19)8-18/h1-2,5-6,12,19H,3-4,7-9H2,(H,17,20)/t12-/m0/s1. The molecule has 1 atom stereocenters. The van der Waals surface area contributed by atoms with Crippen LogP contribution < -0.4 is 5.43 Å². The number of benzene rings is 1. The summed E-state index contributed by atoms with van der Waals surface area (Å²) in [5.74, 6) is -0.423. The second-order valence-corrected chi connectivity index (χ2v) is 5.31. The summed E-state index contributed by atoms with van der Waals surface area (Å²) < 4.78 is 18.5. The van der Waals surface area contributed by atoms with Gasteiger partial charge in [-0.1, -0.05) is 0 Å². The van der Waals surface area contributed by atoms with Gasteiger partial charge in [0.05, 0.1) is 19.3 Å². The molecule has 2 N–H and O–H groups in total. The molecule has 1 aliphatic heterocycles. The molecule has 1 aliphatic rings. The minimum Gasteiger partial charge on any atom is -0.389 e. The van der Waals surface area contributed by atoms with Crippen LogP contribution in [0.3, 0.4) is 0 Å². The highest BCUT2D eigenvalue weighted by Crippen LogP contribution is 2.12. The highest BCUT2D eigenvalue weighted by Gasteiger charge is 2.17. The highest BCUT2D eigenvalue weighted by atomic mass is 19.1. The van der Waals surface area contributed by atoms with Crippen molar-refractivity contribution in [3.8, 4) is 0 Å². The first-order chi connectivity index (χ1) is 10.1. The molecule has 1 saturated heterocycles. The van der Waals surface area contributed by atoms with Crippen LogP contribution in [0.25, 0.3) is 10.9 Å². The van der Waals surface area contributed by atoms with Crippen LogP contribution in [-0.2, 0) is 11.3 Å². The summed E-state index contributed by atoms with van der Waals surface area (Å²) >= 11 is 0. The van der Waals surface area contributed by atoms with E-state index in [4.69, 9.17) is 4.74 Å². The molecule has 0 amide bonds. The van der Waals surface area contributed by atoms with Crippen LogP contribution in [0, 0.1) is 5.82 Å². The maximum Gasteiger partial charge on any atom is 0.189 e. The number of ether oxygens (including phenoxy) is 1. The summed E-state index contributed by atoms with van der Waals surface area (Å²) in [5.41, 5.74) is 1.16. The maximum absolute atomic E-state index is 13.2. The van der Waals surface area contributed by atoms with E-state index in [1.807, 2.05) is 4.90 Å². The Labute approximate surface area is 121 Å². The van der Waals surface area contributed by atoms with E-state index in [2.05, 4.69) is 4.98 Å². The van der Waals surface area contributed by atoms with Crippen LogP contribution in [-0.4, -0.2) is 47.4 Å². The van der Waals surface area contributed by atoms with Gasteiger partial charge in [0.2, 0.25) is 0 Å². The third-order valence-corrected chi connectivity index (χ3v) is 3.57. The molecule has 5 nitrogen and oxygen atoms in total. The monoisotopic (exact) mass is 292 g/mol. The molecule has 1 aromatic carbocycles. The van der Waals surface area contributed by atoms with Gasteiger partial charge in [0.1, 0.15) is 5.82 Å². The zero-order chi connectivity index (χ0) is 14.8. The smallest absolute Gasteiger partial charge is 0.189 e. The van der Waals surface area contributed by atoms with Crippen LogP contribution >= 0.6 is 0 Å². The lowest BCUT2D eigenvalue weighted by Crippen LogP contribution is -2.32. The van der Waals surface area contributed by atoms with E-state index in [9.17, 15) is 14.3 Å². The number of pyridine rings is 1. The van der Waals surface area contributed by atoms with Crippen molar-refractivity contribution in [3.05, 3.63) is 46.0 Å². The number of fused-ring (bicyclic) bond motifs is 1. The number of rotatable bonds is 2. The largest absolute Gasteiger partial charge is 0.389 e. The number of halogens is 1. The third kappa shape index (κ3) is 3.29. The van der Waals surface area contributed by atoms with Gasteiger partial charge in [0, 0.05) is 42.3 Å². The predicted octanol–water partition coefficient (Wildman–Crippen LogP) is 0.860. The van der Waals surface area contributed by atoms with Crippen molar-refractivity contribution >= 4 is 10.9 Å². The summed E-state index contributed by atoms with van der Waals surface area (Å²) in [5, 5.41) is 10.1. The molecule has 1 fully saturated rings. The fourth-order valence-corrected chi connectivity index (χ4v) is 2.60. The predicted molar refractivity (Wildman–Crippen MR) is 76.6 cm³/mol. The Bertz CT molecular complexity index is 701. The number of nitrogens with one attached hydrogen (secondary N) is 1. The molecular formula is C15H17FN2O3. The molecule has 21 heavy (non-hydrogen) atoms. The molecule has 0 saturated carbocycles. The number of hydrogen-bond donors (Lipinski definition) is 2. The molecular weight excluding hydrogens is 275 g/mol. The van der Waals surface area contributed by atoms with Gasteiger partial charge in [0.15, 0.2) is 5.43 Å². The number of nitrogens with zero attached hydrogens (tertiary/aromatic N) is 1. The van der Waals surface area contributed by atoms with Gasteiger partial charge in [-0.05, 0) is 18.2 Å². The van der Waals surface area contributed by atoms with Crippen molar-refractivity contribution in [2.45, 2.75) is 12.6 Å². The highest BCUT2D eigenvalue weighted by molar-refractivity contribution is 5.78. The first-order valence-corrected chi connectivity index (χ1v) is 6.91. The maximum atomic E-state index is 13.2. The molecule has 3 rings (SSSR count). The fraction of sp³-hybridized carbons (Fsp3) is 0.400. The van der Waals surface area contributed by atoms with Gasteiger partial charge < -0.3 is 14.8 Å². The van der Waals surface area contributed by atoms with Crippen molar-refractivity contribution in [1.82, 2.24) is 9.88 Å². The van der Waals surface area contributed by atoms with E-state index in [1.165, 1.54) is 18.2 Å². The molecule has 0 spiro atoms. The second-order valence-electron chi connectivity index (χ2n) is 5.31. The quantitative estimate of drug-likeness (QED) is 0.861. The number of aromatic amines is 1. The topological polar surface area (TPSA) is 65.6 Å². The van der Waals surface area contributed by atoms with E-state index in [0.29, 0.717) is 43.8 Å². The van der Waals surface area contributed by atoms with Gasteiger partial charge in [-0.2, -0.15) is 0 Å². The number of aliphatic hydroxyl groups excluding tert-OH is 1. The zero-order valence-electron chi connectivity index (χ0n) is 11.5. The molecule has 0 aliphatic carbocycles. The van der Waals surface area contributed by atoms with Crippen LogP contribution in [0.5, 0.6) is 0 Å². The Balaban J connectivity index is 1.87. The Kier molecular flexibility index (Phi) is 4.01. The van der Waals surface area contributed by atoms with Crippen molar-refractivity contribution in [2.75, 3.05) is 26.3 Å². The van der Waals surface area contributed by atoms with Crippen LogP contribution in [0.1, 0.15) is 5.69 Å². The summed E-state index contributed by atoms with van der Waals surface area (Å²) in [7, 11) is 0. The average Bonchev–Trinajstić information content (AvgIpc) is 2.64. The Morgan fingerprint density at radius 3 is 3.14 bits per heavy atom. The zero-order valence-corrected chi connectivity index (χ0v) is 11.5. The SMILES string of the molecule is O=c1cc(CN2CCOC[C@@H](O)C2)[nH]c2ccc(F)cc12. The van der Waals surface area contributed by atoms with Crippen molar-refractivity contribution in [2.24, 2.45) is 0 Å². The summed E-state index contributed by atoms with van der Waals surface area (Å²) in [6, 6.07) is 5.61. The number of hydrogen-bond acceptors (Lipinski definition) is 4. The Hall–Kier alpha value is -1.76. The molecule has 0 bridgehead atoms. The number of aliphatic hydroxyl groups is 1. The first-order valence-electron chi connectivity index (χ1n) is 6.91. The van der Waals surface area contributed by atoms with Crippen LogP contribution in [0.4, 0.5) is 4.39 Å². The normalized spacial score (nSPS) is 20.6. The number of aromatic nitrogens is 1. The Morgan fingerprint density at radius 1 is 1.43 bits per heavy atom. The summed E-state index contributed by atoms with van der Waals surface area (Å²) in [6.07, 6.45) is -0.520. The van der Waals surface area contributed by atoms with Gasteiger partial charge >= 0.3 is 0 Å². The molecule has 0 unspecified atom stereocenters. The first kappa shape index (κ1) is 14.2. The third-order valence-electron chi connectivity index (χ3n) is 3.57. The van der Waals surface area contributed by atoms with Gasteiger partial charge in [0.25, 0.3) is 0 Å². The van der Waals surface area contributed by atoms with Crippen LogP contribution in [0.2, 0.25) is 0 Å². The minimum atomic E-state index is -0.520. The molecule has 6 heteroatoms. The number of β-amino-alcohol motifs (C(OH)–C–C–N with tert-alkyl or cyclic N) is 1.